The fourth-order valence-electron chi connectivity index (χ4n) is 4.84. The molecule has 1 aliphatic rings. The summed E-state index contributed by atoms with van der Waals surface area (Å²) in [5.41, 5.74) is 4.24. The van der Waals surface area contributed by atoms with Crippen LogP contribution in [-0.2, 0) is 29.6 Å². The number of sulfonamides is 1. The zero-order chi connectivity index (χ0) is 27.1. The van der Waals surface area contributed by atoms with Crippen molar-refractivity contribution in [2.24, 2.45) is 0 Å². The van der Waals surface area contributed by atoms with Gasteiger partial charge in [-0.1, -0.05) is 61.2 Å². The van der Waals surface area contributed by atoms with E-state index in [0.29, 0.717) is 50.0 Å². The van der Waals surface area contributed by atoms with Gasteiger partial charge in [0.2, 0.25) is 21.2 Å². The van der Waals surface area contributed by atoms with Gasteiger partial charge in [0, 0.05) is 32.2 Å². The number of piperazine rings is 1. The van der Waals surface area contributed by atoms with E-state index in [4.69, 9.17) is 9.15 Å². The molecule has 1 saturated heterocycles. The van der Waals surface area contributed by atoms with E-state index in [1.807, 2.05) is 38.1 Å². The molecule has 2 heterocycles. The first kappa shape index (κ1) is 28.1. The molecule has 1 aromatic heterocycles. The molecule has 0 unspecified atom stereocenters. The van der Waals surface area contributed by atoms with Gasteiger partial charge in [0.15, 0.2) is 0 Å². The van der Waals surface area contributed by atoms with Crippen LogP contribution in [0.15, 0.2) is 68.9 Å². The minimum absolute atomic E-state index is 0.181. The Labute approximate surface area is 226 Å². The molecule has 2 aromatic carbocycles. The van der Waals surface area contributed by atoms with E-state index in [1.165, 1.54) is 35.0 Å². The summed E-state index contributed by atoms with van der Waals surface area (Å²) in [5, 5.41) is 0. The third-order valence-electron chi connectivity index (χ3n) is 6.87. The first-order chi connectivity index (χ1) is 18.2. The van der Waals surface area contributed by atoms with Crippen LogP contribution in [-0.4, -0.2) is 43.8 Å². The van der Waals surface area contributed by atoms with Crippen LogP contribution in [0.3, 0.4) is 0 Å². The van der Waals surface area contributed by atoms with Gasteiger partial charge in [-0.15, -0.1) is 0 Å². The van der Waals surface area contributed by atoms with Crippen LogP contribution in [0.2, 0.25) is 0 Å². The Morgan fingerprint density at radius 1 is 0.895 bits per heavy atom. The molecule has 0 saturated carbocycles. The average molecular weight is 539 g/mol. The number of aryl methyl sites for hydroxylation is 3. The predicted molar refractivity (Wildman–Crippen MR) is 149 cm³/mol. The van der Waals surface area contributed by atoms with Crippen molar-refractivity contribution in [1.29, 1.82) is 0 Å². The minimum Gasteiger partial charge on any atom is -0.482 e. The van der Waals surface area contributed by atoms with Crippen LogP contribution in [0.1, 0.15) is 54.2 Å². The molecule has 0 aliphatic carbocycles. The summed E-state index contributed by atoms with van der Waals surface area (Å²) in [7, 11) is -3.53. The Morgan fingerprint density at radius 2 is 1.58 bits per heavy atom. The van der Waals surface area contributed by atoms with Gasteiger partial charge in [-0.3, -0.25) is 9.69 Å². The Kier molecular flexibility index (Phi) is 9.41. The second-order valence-corrected chi connectivity index (χ2v) is 12.1. The van der Waals surface area contributed by atoms with Crippen molar-refractivity contribution >= 4 is 10.0 Å². The lowest BCUT2D eigenvalue weighted by molar-refractivity contribution is 0.169. The molecule has 0 bridgehead atoms. The number of hydrogen-bond donors (Lipinski definition) is 0. The van der Waals surface area contributed by atoms with Gasteiger partial charge < -0.3 is 9.15 Å². The minimum atomic E-state index is -3.53. The monoisotopic (exact) mass is 538 g/mol. The lowest BCUT2D eigenvalue weighted by Gasteiger charge is -2.33. The zero-order valence-corrected chi connectivity index (χ0v) is 23.4. The summed E-state index contributed by atoms with van der Waals surface area (Å²) >= 11 is 0. The van der Waals surface area contributed by atoms with E-state index in [9.17, 15) is 13.2 Å². The fourth-order valence-corrected chi connectivity index (χ4v) is 6.27. The maximum atomic E-state index is 13.1. The van der Waals surface area contributed by atoms with Crippen molar-refractivity contribution < 1.29 is 17.6 Å². The first-order valence-electron chi connectivity index (χ1n) is 13.4. The summed E-state index contributed by atoms with van der Waals surface area (Å²) in [6.45, 7) is 8.86. The molecular weight excluding hydrogens is 500 g/mol. The Morgan fingerprint density at radius 3 is 2.21 bits per heavy atom. The van der Waals surface area contributed by atoms with Gasteiger partial charge in [0.1, 0.15) is 18.6 Å². The normalized spacial score (nSPS) is 15.0. The average Bonchev–Trinajstić information content (AvgIpc) is 2.88. The third kappa shape index (κ3) is 7.34. The van der Waals surface area contributed by atoms with Crippen LogP contribution < -0.4 is 10.2 Å². The second kappa shape index (κ2) is 12.7. The lowest BCUT2D eigenvalue weighted by Crippen LogP contribution is -2.48. The molecule has 1 aliphatic heterocycles. The van der Waals surface area contributed by atoms with E-state index in [1.54, 1.807) is 12.1 Å². The van der Waals surface area contributed by atoms with Crippen LogP contribution in [0.4, 0.5) is 0 Å². The standard InChI is InChI=1S/C30H38N2O5S/c1-4-5-6-7-25-8-10-28(11-9-25)38(34,35)32-14-12-31(13-15-32)20-27-19-29(33)30(22-36-27)37-21-26-17-23(2)16-24(3)18-26/h8-11,16-19,22H,4-7,12-15,20-21H2,1-3H3. The summed E-state index contributed by atoms with van der Waals surface area (Å²) in [6.07, 6.45) is 5.81. The molecule has 3 aromatic rings. The maximum Gasteiger partial charge on any atom is 0.243 e. The summed E-state index contributed by atoms with van der Waals surface area (Å²) in [6, 6.07) is 14.9. The molecule has 8 heteroatoms. The van der Waals surface area contributed by atoms with Crippen molar-refractivity contribution in [3.63, 3.8) is 0 Å². The SMILES string of the molecule is CCCCCc1ccc(S(=O)(=O)N2CCN(Cc3cc(=O)c(OCc4cc(C)cc(C)c4)co3)CC2)cc1. The van der Waals surface area contributed by atoms with Crippen molar-refractivity contribution in [1.82, 2.24) is 9.21 Å². The number of unbranched alkanes of at least 4 members (excludes halogenated alkanes) is 2. The molecular formula is C30H38N2O5S. The van der Waals surface area contributed by atoms with Crippen LogP contribution in [0.5, 0.6) is 5.75 Å². The molecule has 1 fully saturated rings. The molecule has 38 heavy (non-hydrogen) atoms. The number of nitrogens with zero attached hydrogens (tertiary/aromatic N) is 2. The van der Waals surface area contributed by atoms with E-state index < -0.39 is 10.0 Å². The van der Waals surface area contributed by atoms with E-state index in [2.05, 4.69) is 17.9 Å². The topological polar surface area (TPSA) is 80.1 Å². The largest absolute Gasteiger partial charge is 0.482 e. The highest BCUT2D eigenvalue weighted by Crippen LogP contribution is 2.20. The van der Waals surface area contributed by atoms with Gasteiger partial charge in [-0.05, 0) is 49.9 Å². The van der Waals surface area contributed by atoms with Crippen molar-refractivity contribution in [2.45, 2.75) is 64.5 Å². The highest BCUT2D eigenvalue weighted by molar-refractivity contribution is 7.89. The van der Waals surface area contributed by atoms with Gasteiger partial charge in [-0.25, -0.2) is 8.42 Å². The molecule has 0 spiro atoms. The Bertz CT molecular complexity index is 1350. The van der Waals surface area contributed by atoms with Crippen LogP contribution in [0, 0.1) is 13.8 Å². The van der Waals surface area contributed by atoms with Crippen molar-refractivity contribution in [2.75, 3.05) is 26.2 Å². The third-order valence-corrected chi connectivity index (χ3v) is 8.78. The van der Waals surface area contributed by atoms with Crippen LogP contribution >= 0.6 is 0 Å². The van der Waals surface area contributed by atoms with Gasteiger partial charge >= 0.3 is 0 Å². The molecule has 0 atom stereocenters. The van der Waals surface area contributed by atoms with E-state index in [0.717, 1.165) is 29.5 Å². The summed E-state index contributed by atoms with van der Waals surface area (Å²) in [5.74, 6) is 0.712. The molecule has 0 amide bonds. The quantitative estimate of drug-likeness (QED) is 0.317. The van der Waals surface area contributed by atoms with Gasteiger partial charge in [-0.2, -0.15) is 4.31 Å². The highest BCUT2D eigenvalue weighted by Gasteiger charge is 2.28. The summed E-state index contributed by atoms with van der Waals surface area (Å²) in [4.78, 5) is 15.0. The smallest absolute Gasteiger partial charge is 0.243 e. The Hall–Kier alpha value is -2.94. The first-order valence-corrected chi connectivity index (χ1v) is 14.8. The molecule has 0 N–H and O–H groups in total. The predicted octanol–water partition coefficient (Wildman–Crippen LogP) is 5.07. The molecule has 7 nitrogen and oxygen atoms in total. The molecule has 4 rings (SSSR count). The summed E-state index contributed by atoms with van der Waals surface area (Å²) < 4.78 is 39.2. The number of hydrogen-bond acceptors (Lipinski definition) is 6. The van der Waals surface area contributed by atoms with Gasteiger partial charge in [0.25, 0.3) is 0 Å². The van der Waals surface area contributed by atoms with Crippen molar-refractivity contribution in [3.8, 4) is 5.75 Å². The van der Waals surface area contributed by atoms with Crippen molar-refractivity contribution in [3.05, 3.63) is 93.0 Å². The number of rotatable bonds is 11. The van der Waals surface area contributed by atoms with E-state index >= 15 is 0 Å². The van der Waals surface area contributed by atoms with E-state index in [-0.39, 0.29) is 11.2 Å². The number of benzene rings is 2. The van der Waals surface area contributed by atoms with Gasteiger partial charge in [0.05, 0.1) is 11.4 Å². The van der Waals surface area contributed by atoms with Crippen LogP contribution in [0.25, 0.3) is 0 Å². The highest BCUT2D eigenvalue weighted by atomic mass is 32.2. The zero-order valence-electron chi connectivity index (χ0n) is 22.6. The maximum absolute atomic E-state index is 13.1. The lowest BCUT2D eigenvalue weighted by atomic mass is 10.1. The molecule has 0 radical (unpaired) electrons. The fraction of sp³-hybridized carbons (Fsp3) is 0.433. The second-order valence-electron chi connectivity index (χ2n) is 10.1. The Balaban J connectivity index is 1.29. The molecule has 204 valence electrons. The number of ether oxygens (including phenoxy) is 1.